The monoisotopic (exact) mass is 276 g/mol. The molecule has 0 aliphatic carbocycles. The lowest BCUT2D eigenvalue weighted by atomic mass is 10.0. The molecular weight excluding hydrogens is 260 g/mol. The average Bonchev–Trinajstić information content (AvgIpc) is 2.76. The minimum absolute atomic E-state index is 0.205. The summed E-state index contributed by atoms with van der Waals surface area (Å²) in [5.74, 6) is -1.72. The number of aromatic amines is 1. The lowest BCUT2D eigenvalue weighted by Gasteiger charge is -2.17. The number of hydrogen-bond acceptors (Lipinski definition) is 4. The Balaban J connectivity index is 2.26. The van der Waals surface area contributed by atoms with Crippen LogP contribution in [0.3, 0.4) is 0 Å². The van der Waals surface area contributed by atoms with Crippen LogP contribution in [0.2, 0.25) is 0 Å². The normalized spacial score (nSPS) is 12.6. The smallest absolute Gasteiger partial charge is 0.326 e. The van der Waals surface area contributed by atoms with Gasteiger partial charge >= 0.3 is 5.97 Å². The molecule has 0 radical (unpaired) electrons. The number of aromatic nitrogens is 3. The summed E-state index contributed by atoms with van der Waals surface area (Å²) in [4.78, 5) is 27.3. The van der Waals surface area contributed by atoms with E-state index in [0.29, 0.717) is 11.2 Å². The van der Waals surface area contributed by atoms with Crippen molar-refractivity contribution in [1.29, 1.82) is 0 Å². The van der Waals surface area contributed by atoms with Crippen LogP contribution in [0.1, 0.15) is 29.9 Å². The summed E-state index contributed by atoms with van der Waals surface area (Å²) in [6.45, 7) is 5.30. The first-order chi connectivity index (χ1) is 9.40. The topological polar surface area (TPSA) is 108 Å². The predicted octanol–water partition coefficient (Wildman–Crippen LogP) is 1.11. The standard InChI is InChI=1S/C13H16N4O3/c1-6(2)10(13(19)20)15-12(18)8-4-9-7(3)16-17-11(9)14-5-8/h4-6,10H,1-3H3,(H,15,18)(H,19,20)(H,14,16,17)/t10-/m1/s1. The largest absolute Gasteiger partial charge is 0.480 e. The summed E-state index contributed by atoms with van der Waals surface area (Å²) in [5.41, 5.74) is 1.65. The van der Waals surface area contributed by atoms with Crippen LogP contribution in [0.4, 0.5) is 0 Å². The van der Waals surface area contributed by atoms with Crippen molar-refractivity contribution in [1.82, 2.24) is 20.5 Å². The van der Waals surface area contributed by atoms with E-state index in [9.17, 15) is 9.59 Å². The molecule has 7 nitrogen and oxygen atoms in total. The zero-order valence-electron chi connectivity index (χ0n) is 11.5. The molecule has 0 spiro atoms. The van der Waals surface area contributed by atoms with E-state index in [-0.39, 0.29) is 5.92 Å². The van der Waals surface area contributed by atoms with Gasteiger partial charge in [-0.05, 0) is 18.9 Å². The zero-order chi connectivity index (χ0) is 14.9. The Labute approximate surface area is 115 Å². The molecule has 1 amide bonds. The molecular formula is C13H16N4O3. The highest BCUT2D eigenvalue weighted by atomic mass is 16.4. The van der Waals surface area contributed by atoms with Crippen molar-refractivity contribution in [2.75, 3.05) is 0 Å². The van der Waals surface area contributed by atoms with E-state index < -0.39 is 17.9 Å². The van der Waals surface area contributed by atoms with Gasteiger partial charge in [-0.2, -0.15) is 5.10 Å². The van der Waals surface area contributed by atoms with Gasteiger partial charge in [0.25, 0.3) is 5.91 Å². The second-order valence-electron chi connectivity index (χ2n) is 4.98. The maximum Gasteiger partial charge on any atom is 0.326 e. The van der Waals surface area contributed by atoms with Crippen molar-refractivity contribution >= 4 is 22.9 Å². The molecule has 2 heterocycles. The molecule has 0 saturated carbocycles. The van der Waals surface area contributed by atoms with Gasteiger partial charge in [-0.1, -0.05) is 13.8 Å². The third-order valence-electron chi connectivity index (χ3n) is 3.08. The highest BCUT2D eigenvalue weighted by Crippen LogP contribution is 2.14. The van der Waals surface area contributed by atoms with Gasteiger partial charge in [-0.25, -0.2) is 9.78 Å². The summed E-state index contributed by atoms with van der Waals surface area (Å²) in [6.07, 6.45) is 1.39. The maximum absolute atomic E-state index is 12.1. The van der Waals surface area contributed by atoms with Gasteiger partial charge in [0.05, 0.1) is 5.56 Å². The Kier molecular flexibility index (Phi) is 3.69. The van der Waals surface area contributed by atoms with Crippen LogP contribution in [0, 0.1) is 12.8 Å². The van der Waals surface area contributed by atoms with E-state index in [1.165, 1.54) is 6.20 Å². The van der Waals surface area contributed by atoms with E-state index in [1.54, 1.807) is 19.9 Å². The number of carboxylic acids is 1. The minimum atomic E-state index is -1.05. The third-order valence-corrected chi connectivity index (χ3v) is 3.08. The number of aliphatic carboxylic acids is 1. The van der Waals surface area contributed by atoms with E-state index in [1.807, 2.05) is 6.92 Å². The molecule has 0 bridgehead atoms. The first-order valence-corrected chi connectivity index (χ1v) is 6.24. The third kappa shape index (κ3) is 2.61. The molecule has 2 rings (SSSR count). The molecule has 0 aliphatic heterocycles. The fourth-order valence-electron chi connectivity index (χ4n) is 1.88. The molecule has 0 saturated heterocycles. The van der Waals surface area contributed by atoms with Gasteiger partial charge in [-0.15, -0.1) is 0 Å². The molecule has 0 aliphatic rings. The summed E-state index contributed by atoms with van der Waals surface area (Å²) in [6, 6.07) is 0.721. The second kappa shape index (κ2) is 5.28. The number of fused-ring (bicyclic) bond motifs is 1. The number of aryl methyl sites for hydroxylation is 1. The van der Waals surface area contributed by atoms with Crippen LogP contribution in [-0.4, -0.2) is 38.2 Å². The molecule has 0 fully saturated rings. The molecule has 7 heteroatoms. The molecule has 0 unspecified atom stereocenters. The number of carbonyl (C=O) groups excluding carboxylic acids is 1. The quantitative estimate of drug-likeness (QED) is 0.775. The number of amides is 1. The molecule has 2 aromatic heterocycles. The fraction of sp³-hybridized carbons (Fsp3) is 0.385. The minimum Gasteiger partial charge on any atom is -0.480 e. The SMILES string of the molecule is Cc1[nH]nc2ncc(C(=O)N[C@@H](C(=O)O)C(C)C)cc12. The number of pyridine rings is 1. The van der Waals surface area contributed by atoms with Crippen molar-refractivity contribution in [3.63, 3.8) is 0 Å². The number of H-pyrrole nitrogens is 1. The number of hydrogen-bond donors (Lipinski definition) is 3. The second-order valence-corrected chi connectivity index (χ2v) is 4.98. The van der Waals surface area contributed by atoms with E-state index >= 15 is 0 Å². The summed E-state index contributed by atoms with van der Waals surface area (Å²) in [7, 11) is 0. The number of rotatable bonds is 4. The van der Waals surface area contributed by atoms with Crippen LogP contribution in [0.25, 0.3) is 11.0 Å². The van der Waals surface area contributed by atoms with Gasteiger partial charge in [0.15, 0.2) is 5.65 Å². The van der Waals surface area contributed by atoms with Gasteiger partial charge in [-0.3, -0.25) is 9.89 Å². The summed E-state index contributed by atoms with van der Waals surface area (Å²) >= 11 is 0. The highest BCUT2D eigenvalue weighted by molar-refractivity contribution is 5.99. The number of carbonyl (C=O) groups is 2. The lowest BCUT2D eigenvalue weighted by molar-refractivity contribution is -0.140. The van der Waals surface area contributed by atoms with E-state index in [2.05, 4.69) is 20.5 Å². The van der Waals surface area contributed by atoms with Crippen molar-refractivity contribution in [3.05, 3.63) is 23.5 Å². The Morgan fingerprint density at radius 1 is 1.40 bits per heavy atom. The lowest BCUT2D eigenvalue weighted by Crippen LogP contribution is -2.44. The zero-order valence-corrected chi connectivity index (χ0v) is 11.5. The van der Waals surface area contributed by atoms with Gasteiger partial charge in [0.1, 0.15) is 6.04 Å². The fourth-order valence-corrected chi connectivity index (χ4v) is 1.88. The highest BCUT2D eigenvalue weighted by Gasteiger charge is 2.24. The first-order valence-electron chi connectivity index (χ1n) is 6.24. The van der Waals surface area contributed by atoms with Gasteiger partial charge in [0, 0.05) is 17.3 Å². The van der Waals surface area contributed by atoms with Crippen LogP contribution in [0.5, 0.6) is 0 Å². The predicted molar refractivity (Wildman–Crippen MR) is 72.4 cm³/mol. The van der Waals surface area contributed by atoms with Crippen LogP contribution in [-0.2, 0) is 4.79 Å². The summed E-state index contributed by atoms with van der Waals surface area (Å²) in [5, 5.41) is 19.1. The molecule has 2 aromatic rings. The van der Waals surface area contributed by atoms with E-state index in [0.717, 1.165) is 11.1 Å². The van der Waals surface area contributed by atoms with Gasteiger partial charge < -0.3 is 10.4 Å². The van der Waals surface area contributed by atoms with Gasteiger partial charge in [0.2, 0.25) is 0 Å². The number of nitrogens with one attached hydrogen (secondary N) is 2. The molecule has 3 N–H and O–H groups in total. The molecule has 20 heavy (non-hydrogen) atoms. The molecule has 106 valence electrons. The van der Waals surface area contributed by atoms with Crippen molar-refractivity contribution < 1.29 is 14.7 Å². The summed E-state index contributed by atoms with van der Waals surface area (Å²) < 4.78 is 0. The van der Waals surface area contributed by atoms with Crippen molar-refractivity contribution in [3.8, 4) is 0 Å². The Morgan fingerprint density at radius 3 is 2.70 bits per heavy atom. The van der Waals surface area contributed by atoms with E-state index in [4.69, 9.17) is 5.11 Å². The Bertz CT molecular complexity index is 663. The number of carboxylic acid groups (broad SMARTS) is 1. The number of nitrogens with zero attached hydrogens (tertiary/aromatic N) is 2. The Morgan fingerprint density at radius 2 is 2.10 bits per heavy atom. The molecule has 0 aromatic carbocycles. The Hall–Kier alpha value is -2.44. The van der Waals surface area contributed by atoms with Crippen LogP contribution < -0.4 is 5.32 Å². The first kappa shape index (κ1) is 14.0. The van der Waals surface area contributed by atoms with Crippen LogP contribution >= 0.6 is 0 Å². The van der Waals surface area contributed by atoms with Crippen molar-refractivity contribution in [2.24, 2.45) is 5.92 Å². The van der Waals surface area contributed by atoms with Crippen molar-refractivity contribution in [2.45, 2.75) is 26.8 Å². The molecule has 1 atom stereocenters. The maximum atomic E-state index is 12.1. The average molecular weight is 276 g/mol. The van der Waals surface area contributed by atoms with Crippen LogP contribution in [0.15, 0.2) is 12.3 Å².